The van der Waals surface area contributed by atoms with E-state index in [0.717, 1.165) is 44.5 Å². The van der Waals surface area contributed by atoms with Gasteiger partial charge in [-0.3, -0.25) is 14.6 Å². The molecule has 0 saturated carbocycles. The summed E-state index contributed by atoms with van der Waals surface area (Å²) in [4.78, 5) is 6.63. The Kier molecular flexibility index (Phi) is 4.83. The molecule has 134 valence electrons. The van der Waals surface area contributed by atoms with Crippen LogP contribution in [0.25, 0.3) is 0 Å². The van der Waals surface area contributed by atoms with E-state index < -0.39 is 0 Å². The standard InChI is InChI=1S/C19H26N4O2/c1-22-12-17(11-21-22)13-23-7-4-19(5-8-23)9-18(15-25-19)24-14-16-3-2-6-20-10-16/h2-3,6,10-12,18H,4-5,7-9,13-15H2,1H3/t18-/m1/s1. The number of pyridine rings is 1. The van der Waals surface area contributed by atoms with Crippen LogP contribution in [0.1, 0.15) is 30.4 Å². The van der Waals surface area contributed by atoms with Crippen molar-refractivity contribution in [3.8, 4) is 0 Å². The lowest BCUT2D eigenvalue weighted by atomic mass is 9.88. The molecule has 2 aliphatic rings. The zero-order chi connectivity index (χ0) is 17.1. The first kappa shape index (κ1) is 16.7. The Morgan fingerprint density at radius 2 is 2.16 bits per heavy atom. The summed E-state index contributed by atoms with van der Waals surface area (Å²) >= 11 is 0. The molecule has 0 bridgehead atoms. The third kappa shape index (κ3) is 4.08. The Bertz CT molecular complexity index is 680. The number of hydrogen-bond acceptors (Lipinski definition) is 5. The Morgan fingerprint density at radius 3 is 2.88 bits per heavy atom. The van der Waals surface area contributed by atoms with Crippen molar-refractivity contribution in [1.82, 2.24) is 19.7 Å². The highest BCUT2D eigenvalue weighted by molar-refractivity contribution is 5.07. The molecule has 2 saturated heterocycles. The molecule has 2 aromatic rings. The second-order valence-corrected chi connectivity index (χ2v) is 7.29. The summed E-state index contributed by atoms with van der Waals surface area (Å²) in [5.74, 6) is 0. The number of aryl methyl sites for hydroxylation is 1. The summed E-state index contributed by atoms with van der Waals surface area (Å²) in [7, 11) is 1.96. The van der Waals surface area contributed by atoms with Gasteiger partial charge in [0.05, 0.1) is 31.1 Å². The maximum Gasteiger partial charge on any atom is 0.0840 e. The van der Waals surface area contributed by atoms with E-state index in [1.165, 1.54) is 5.56 Å². The van der Waals surface area contributed by atoms with Gasteiger partial charge in [-0.15, -0.1) is 0 Å². The predicted octanol–water partition coefficient (Wildman–Crippen LogP) is 2.16. The second-order valence-electron chi connectivity index (χ2n) is 7.29. The number of aromatic nitrogens is 3. The van der Waals surface area contributed by atoms with E-state index in [2.05, 4.69) is 27.2 Å². The zero-order valence-electron chi connectivity index (χ0n) is 14.8. The minimum absolute atomic E-state index is 0.0189. The lowest BCUT2D eigenvalue weighted by molar-refractivity contribution is -0.0468. The van der Waals surface area contributed by atoms with Crippen LogP contribution < -0.4 is 0 Å². The van der Waals surface area contributed by atoms with Gasteiger partial charge in [0.15, 0.2) is 0 Å². The summed E-state index contributed by atoms with van der Waals surface area (Å²) in [6.07, 6.45) is 11.1. The van der Waals surface area contributed by atoms with Crippen LogP contribution in [0, 0.1) is 0 Å². The average molecular weight is 342 g/mol. The van der Waals surface area contributed by atoms with E-state index in [9.17, 15) is 0 Å². The Morgan fingerprint density at radius 1 is 1.28 bits per heavy atom. The largest absolute Gasteiger partial charge is 0.372 e. The predicted molar refractivity (Wildman–Crippen MR) is 93.8 cm³/mol. The first-order valence-electron chi connectivity index (χ1n) is 9.05. The molecule has 1 atom stereocenters. The molecule has 2 fully saturated rings. The van der Waals surface area contributed by atoms with Crippen molar-refractivity contribution in [2.45, 2.75) is 44.1 Å². The Hall–Kier alpha value is -1.76. The van der Waals surface area contributed by atoms with Crippen molar-refractivity contribution < 1.29 is 9.47 Å². The highest BCUT2D eigenvalue weighted by Crippen LogP contribution is 2.37. The molecule has 0 radical (unpaired) electrons. The van der Waals surface area contributed by atoms with Gasteiger partial charge in [-0.1, -0.05) is 6.07 Å². The molecule has 25 heavy (non-hydrogen) atoms. The van der Waals surface area contributed by atoms with Gasteiger partial charge in [-0.25, -0.2) is 0 Å². The van der Waals surface area contributed by atoms with Gasteiger partial charge < -0.3 is 9.47 Å². The van der Waals surface area contributed by atoms with Crippen molar-refractivity contribution in [3.05, 3.63) is 48.0 Å². The van der Waals surface area contributed by atoms with E-state index in [-0.39, 0.29) is 11.7 Å². The Labute approximate surface area is 148 Å². The molecule has 6 nitrogen and oxygen atoms in total. The van der Waals surface area contributed by atoms with Crippen molar-refractivity contribution in [3.63, 3.8) is 0 Å². The lowest BCUT2D eigenvalue weighted by Gasteiger charge is -2.38. The summed E-state index contributed by atoms with van der Waals surface area (Å²) in [5, 5.41) is 4.25. The van der Waals surface area contributed by atoms with Crippen molar-refractivity contribution >= 4 is 0 Å². The molecular weight excluding hydrogens is 316 g/mol. The van der Waals surface area contributed by atoms with Gasteiger partial charge in [-0.2, -0.15) is 5.10 Å². The van der Waals surface area contributed by atoms with E-state index in [4.69, 9.17) is 9.47 Å². The molecule has 0 unspecified atom stereocenters. The number of rotatable bonds is 5. The molecule has 2 aromatic heterocycles. The van der Waals surface area contributed by atoms with Gasteiger partial charge in [0.25, 0.3) is 0 Å². The van der Waals surface area contributed by atoms with Gasteiger partial charge in [0.2, 0.25) is 0 Å². The number of hydrogen-bond donors (Lipinski definition) is 0. The van der Waals surface area contributed by atoms with Crippen LogP contribution in [0.15, 0.2) is 36.9 Å². The molecule has 4 rings (SSSR count). The van der Waals surface area contributed by atoms with E-state index in [1.807, 2.05) is 30.2 Å². The molecule has 1 spiro atoms. The molecule has 0 aliphatic carbocycles. The molecule has 6 heteroatoms. The quantitative estimate of drug-likeness (QED) is 0.833. The minimum atomic E-state index is 0.0189. The Balaban J connectivity index is 1.24. The fourth-order valence-corrected chi connectivity index (χ4v) is 3.89. The monoisotopic (exact) mass is 342 g/mol. The van der Waals surface area contributed by atoms with Crippen LogP contribution >= 0.6 is 0 Å². The number of ether oxygens (including phenoxy) is 2. The second kappa shape index (κ2) is 7.23. The molecule has 2 aliphatic heterocycles. The number of nitrogens with zero attached hydrogens (tertiary/aromatic N) is 4. The number of likely N-dealkylation sites (tertiary alicyclic amines) is 1. The number of piperidine rings is 1. The first-order valence-corrected chi connectivity index (χ1v) is 9.05. The van der Waals surface area contributed by atoms with Crippen LogP contribution in [0.2, 0.25) is 0 Å². The summed E-state index contributed by atoms with van der Waals surface area (Å²) in [6.45, 7) is 4.45. The van der Waals surface area contributed by atoms with Gasteiger partial charge in [-0.05, 0) is 24.5 Å². The van der Waals surface area contributed by atoms with Gasteiger partial charge >= 0.3 is 0 Å². The van der Waals surface area contributed by atoms with Gasteiger partial charge in [0, 0.05) is 57.3 Å². The molecular formula is C19H26N4O2. The summed E-state index contributed by atoms with van der Waals surface area (Å²) < 4.78 is 14.1. The average Bonchev–Trinajstić information content (AvgIpc) is 3.23. The molecule has 0 amide bonds. The topological polar surface area (TPSA) is 52.4 Å². The molecule has 0 aromatic carbocycles. The van der Waals surface area contributed by atoms with Gasteiger partial charge in [0.1, 0.15) is 0 Å². The van der Waals surface area contributed by atoms with E-state index >= 15 is 0 Å². The van der Waals surface area contributed by atoms with Crippen molar-refractivity contribution in [2.75, 3.05) is 19.7 Å². The maximum absolute atomic E-state index is 6.20. The first-order chi connectivity index (χ1) is 12.2. The van der Waals surface area contributed by atoms with Crippen LogP contribution in [-0.4, -0.2) is 51.1 Å². The summed E-state index contributed by atoms with van der Waals surface area (Å²) in [5.41, 5.74) is 2.42. The van der Waals surface area contributed by atoms with Crippen LogP contribution in [-0.2, 0) is 29.7 Å². The van der Waals surface area contributed by atoms with Crippen LogP contribution in [0.5, 0.6) is 0 Å². The minimum Gasteiger partial charge on any atom is -0.372 e. The summed E-state index contributed by atoms with van der Waals surface area (Å²) in [6, 6.07) is 4.00. The van der Waals surface area contributed by atoms with E-state index in [1.54, 1.807) is 6.20 Å². The third-order valence-corrected chi connectivity index (χ3v) is 5.32. The SMILES string of the molecule is Cn1cc(CN2CCC3(CC2)C[C@@H](OCc2cccnc2)CO3)cn1. The smallest absolute Gasteiger partial charge is 0.0840 e. The highest BCUT2D eigenvalue weighted by atomic mass is 16.6. The molecule has 0 N–H and O–H groups in total. The fraction of sp³-hybridized carbons (Fsp3) is 0.579. The van der Waals surface area contributed by atoms with Crippen LogP contribution in [0.3, 0.4) is 0 Å². The zero-order valence-corrected chi connectivity index (χ0v) is 14.8. The van der Waals surface area contributed by atoms with Crippen LogP contribution in [0.4, 0.5) is 0 Å². The van der Waals surface area contributed by atoms with Crippen molar-refractivity contribution in [1.29, 1.82) is 0 Å². The maximum atomic E-state index is 6.20. The van der Waals surface area contributed by atoms with E-state index in [0.29, 0.717) is 13.2 Å². The fourth-order valence-electron chi connectivity index (χ4n) is 3.89. The highest BCUT2D eigenvalue weighted by Gasteiger charge is 2.43. The molecule has 4 heterocycles. The lowest BCUT2D eigenvalue weighted by Crippen LogP contribution is -2.43. The normalized spacial score (nSPS) is 23.3. The van der Waals surface area contributed by atoms with Crippen molar-refractivity contribution in [2.24, 2.45) is 7.05 Å². The third-order valence-electron chi connectivity index (χ3n) is 5.32.